The molecule has 1 aromatic carbocycles. The summed E-state index contributed by atoms with van der Waals surface area (Å²) in [6.07, 6.45) is 1.43. The molecule has 0 aliphatic carbocycles. The minimum absolute atomic E-state index is 0.0753. The number of nitrogens with zero attached hydrogens (tertiary/aromatic N) is 1. The second-order valence-electron chi connectivity index (χ2n) is 3.50. The molecule has 0 aliphatic rings. The molecule has 5 nitrogen and oxygen atoms in total. The average Bonchev–Trinajstić information content (AvgIpc) is 2.45. The van der Waals surface area contributed by atoms with Crippen LogP contribution in [0.4, 0.5) is 0 Å². The van der Waals surface area contributed by atoms with Crippen LogP contribution >= 0.6 is 0 Å². The van der Waals surface area contributed by atoms with Crippen LogP contribution < -0.4 is 9.47 Å². The van der Waals surface area contributed by atoms with Crippen molar-refractivity contribution in [3.05, 3.63) is 29.3 Å². The molecular weight excluding hydrogens is 246 g/mol. The van der Waals surface area contributed by atoms with Crippen LogP contribution in [0.15, 0.2) is 23.8 Å². The molecule has 0 aliphatic heterocycles. The average molecular weight is 261 g/mol. The van der Waals surface area contributed by atoms with Crippen molar-refractivity contribution < 1.29 is 19.0 Å². The largest absolute Gasteiger partial charge is 0.493 e. The summed E-state index contributed by atoms with van der Waals surface area (Å²) in [7, 11) is 2.75. The molecule has 0 bridgehead atoms. The van der Waals surface area contributed by atoms with Gasteiger partial charge in [0.15, 0.2) is 11.5 Å². The Hall–Kier alpha value is -2.48. The second kappa shape index (κ2) is 7.07. The number of carbonyl (C=O) groups is 1. The van der Waals surface area contributed by atoms with E-state index in [0.717, 1.165) is 0 Å². The molecule has 0 radical (unpaired) electrons. The first kappa shape index (κ1) is 14.6. The van der Waals surface area contributed by atoms with Gasteiger partial charge in [-0.15, -0.1) is 0 Å². The van der Waals surface area contributed by atoms with Gasteiger partial charge >= 0.3 is 5.97 Å². The maximum atomic E-state index is 11.3. The van der Waals surface area contributed by atoms with E-state index in [9.17, 15) is 4.79 Å². The zero-order valence-electron chi connectivity index (χ0n) is 11.1. The van der Waals surface area contributed by atoms with Crippen LogP contribution in [0.3, 0.4) is 0 Å². The van der Waals surface area contributed by atoms with Gasteiger partial charge in [0.25, 0.3) is 0 Å². The molecule has 1 aromatic rings. The summed E-state index contributed by atoms with van der Waals surface area (Å²) in [5, 5.41) is 8.88. The molecule has 0 N–H and O–H groups in total. The number of methoxy groups -OCH3 is 2. The van der Waals surface area contributed by atoms with Crippen LogP contribution in [-0.4, -0.2) is 26.8 Å². The standard InChI is InChI=1S/C14H15NO4/c1-4-19-12-6-5-10(8-13(12)17-2)7-11(9-15)14(16)18-3/h5-8H,4H2,1-3H3. The Bertz CT molecular complexity index is 529. The molecule has 0 aromatic heterocycles. The third-order valence-corrected chi connectivity index (χ3v) is 2.32. The third-order valence-electron chi connectivity index (χ3n) is 2.32. The van der Waals surface area contributed by atoms with Gasteiger partial charge in [0, 0.05) is 0 Å². The molecule has 0 atom stereocenters. The summed E-state index contributed by atoms with van der Waals surface area (Å²) >= 11 is 0. The quantitative estimate of drug-likeness (QED) is 0.461. The van der Waals surface area contributed by atoms with E-state index in [2.05, 4.69) is 4.74 Å². The first-order valence-corrected chi connectivity index (χ1v) is 5.67. The Balaban J connectivity index is 3.12. The predicted molar refractivity (Wildman–Crippen MR) is 69.8 cm³/mol. The van der Waals surface area contributed by atoms with Crippen LogP contribution in [0.2, 0.25) is 0 Å². The van der Waals surface area contributed by atoms with Gasteiger partial charge in [0.2, 0.25) is 0 Å². The Morgan fingerprint density at radius 2 is 2.11 bits per heavy atom. The van der Waals surface area contributed by atoms with Crippen LogP contribution in [0.1, 0.15) is 12.5 Å². The van der Waals surface area contributed by atoms with Crippen LogP contribution in [0.25, 0.3) is 6.08 Å². The van der Waals surface area contributed by atoms with Crippen LogP contribution in [0.5, 0.6) is 11.5 Å². The number of rotatable bonds is 5. The molecule has 1 rings (SSSR count). The fourth-order valence-corrected chi connectivity index (χ4v) is 1.46. The van der Waals surface area contributed by atoms with E-state index in [1.807, 2.05) is 6.92 Å². The highest BCUT2D eigenvalue weighted by molar-refractivity contribution is 5.97. The van der Waals surface area contributed by atoms with Gasteiger partial charge in [0.05, 0.1) is 20.8 Å². The second-order valence-corrected chi connectivity index (χ2v) is 3.50. The van der Waals surface area contributed by atoms with Crippen LogP contribution in [0, 0.1) is 11.3 Å². The molecule has 0 spiro atoms. The summed E-state index contributed by atoms with van der Waals surface area (Å²) in [5.41, 5.74) is 0.580. The molecule has 19 heavy (non-hydrogen) atoms. The van der Waals surface area contributed by atoms with Crippen molar-refractivity contribution in [1.29, 1.82) is 5.26 Å². The fraction of sp³-hybridized carbons (Fsp3) is 0.286. The lowest BCUT2D eigenvalue weighted by atomic mass is 10.1. The molecular formula is C14H15NO4. The maximum absolute atomic E-state index is 11.3. The molecule has 0 fully saturated rings. The third kappa shape index (κ3) is 3.75. The van der Waals surface area contributed by atoms with E-state index < -0.39 is 5.97 Å². The number of nitriles is 1. The summed E-state index contributed by atoms with van der Waals surface area (Å²) in [5.74, 6) is 0.479. The molecule has 0 unspecified atom stereocenters. The number of benzene rings is 1. The Labute approximate surface area is 112 Å². The van der Waals surface area contributed by atoms with Crippen molar-refractivity contribution in [3.63, 3.8) is 0 Å². The summed E-state index contributed by atoms with van der Waals surface area (Å²) in [6.45, 7) is 2.40. The Morgan fingerprint density at radius 1 is 1.37 bits per heavy atom. The van der Waals surface area contributed by atoms with E-state index in [1.54, 1.807) is 24.3 Å². The van der Waals surface area contributed by atoms with Crippen molar-refractivity contribution in [2.24, 2.45) is 0 Å². The van der Waals surface area contributed by atoms with E-state index in [1.165, 1.54) is 20.3 Å². The van der Waals surface area contributed by atoms with Gasteiger partial charge in [0.1, 0.15) is 11.6 Å². The van der Waals surface area contributed by atoms with Crippen molar-refractivity contribution in [1.82, 2.24) is 0 Å². The Morgan fingerprint density at radius 3 is 2.63 bits per heavy atom. The zero-order valence-corrected chi connectivity index (χ0v) is 11.1. The van der Waals surface area contributed by atoms with Gasteiger partial charge in [-0.05, 0) is 30.7 Å². The fourth-order valence-electron chi connectivity index (χ4n) is 1.46. The molecule has 0 amide bonds. The minimum Gasteiger partial charge on any atom is -0.493 e. The first-order valence-electron chi connectivity index (χ1n) is 5.67. The maximum Gasteiger partial charge on any atom is 0.348 e. The molecule has 0 heterocycles. The predicted octanol–water partition coefficient (Wildman–Crippen LogP) is 2.17. The lowest BCUT2D eigenvalue weighted by Crippen LogP contribution is -2.02. The smallest absolute Gasteiger partial charge is 0.348 e. The lowest BCUT2D eigenvalue weighted by Gasteiger charge is -2.09. The number of esters is 1. The monoisotopic (exact) mass is 261 g/mol. The van der Waals surface area contributed by atoms with E-state index in [4.69, 9.17) is 14.7 Å². The van der Waals surface area contributed by atoms with E-state index >= 15 is 0 Å². The molecule has 100 valence electrons. The highest BCUT2D eigenvalue weighted by Crippen LogP contribution is 2.28. The number of carbonyl (C=O) groups excluding carboxylic acids is 1. The van der Waals surface area contributed by atoms with Gasteiger partial charge in [-0.2, -0.15) is 5.26 Å². The van der Waals surface area contributed by atoms with Gasteiger partial charge in [-0.25, -0.2) is 4.79 Å². The normalized spacial score (nSPS) is 10.5. The first-order chi connectivity index (χ1) is 9.15. The zero-order chi connectivity index (χ0) is 14.3. The molecule has 5 heteroatoms. The topological polar surface area (TPSA) is 68.5 Å². The molecule has 0 saturated carbocycles. The summed E-state index contributed by atoms with van der Waals surface area (Å²) in [6, 6.07) is 6.93. The number of hydrogen-bond donors (Lipinski definition) is 0. The summed E-state index contributed by atoms with van der Waals surface area (Å²) in [4.78, 5) is 11.3. The van der Waals surface area contributed by atoms with Gasteiger partial charge in [-0.1, -0.05) is 6.07 Å². The lowest BCUT2D eigenvalue weighted by molar-refractivity contribution is -0.135. The van der Waals surface area contributed by atoms with E-state index in [0.29, 0.717) is 23.7 Å². The highest BCUT2D eigenvalue weighted by Gasteiger charge is 2.10. The van der Waals surface area contributed by atoms with Crippen molar-refractivity contribution in [2.45, 2.75) is 6.92 Å². The Kier molecular flexibility index (Phi) is 5.42. The molecule has 0 saturated heterocycles. The van der Waals surface area contributed by atoms with Crippen molar-refractivity contribution in [3.8, 4) is 17.6 Å². The highest BCUT2D eigenvalue weighted by atomic mass is 16.5. The summed E-state index contributed by atoms with van der Waals surface area (Å²) < 4.78 is 15.1. The van der Waals surface area contributed by atoms with E-state index in [-0.39, 0.29) is 5.57 Å². The van der Waals surface area contributed by atoms with Gasteiger partial charge < -0.3 is 14.2 Å². The van der Waals surface area contributed by atoms with Crippen molar-refractivity contribution in [2.75, 3.05) is 20.8 Å². The number of ether oxygens (including phenoxy) is 3. The SMILES string of the molecule is CCOc1ccc(C=C(C#N)C(=O)OC)cc1OC. The van der Waals surface area contributed by atoms with Crippen LogP contribution in [-0.2, 0) is 9.53 Å². The minimum atomic E-state index is -0.671. The van der Waals surface area contributed by atoms with Crippen molar-refractivity contribution >= 4 is 12.0 Å². The number of hydrogen-bond acceptors (Lipinski definition) is 5. The van der Waals surface area contributed by atoms with Gasteiger partial charge in [-0.3, -0.25) is 0 Å².